The van der Waals surface area contributed by atoms with Gasteiger partial charge in [0.05, 0.1) is 5.88 Å². The van der Waals surface area contributed by atoms with Gasteiger partial charge in [-0.1, -0.05) is 17.7 Å². The van der Waals surface area contributed by atoms with Gasteiger partial charge in [-0.15, -0.1) is 11.8 Å². The van der Waals surface area contributed by atoms with E-state index in [2.05, 4.69) is 0 Å². The fraction of sp³-hybridized carbons (Fsp3) is 0.333. The molecule has 18 heavy (non-hydrogen) atoms. The second-order valence-electron chi connectivity index (χ2n) is 4.04. The van der Waals surface area contributed by atoms with Gasteiger partial charge < -0.3 is 10.0 Å². The summed E-state index contributed by atoms with van der Waals surface area (Å²) in [6.45, 7) is 1.76. The largest absolute Gasteiger partial charge is 0.480 e. The summed E-state index contributed by atoms with van der Waals surface area (Å²) in [6, 6.07) is 4.33. The first-order valence-electron chi connectivity index (χ1n) is 5.39. The number of thioether (sulfide) groups is 1. The van der Waals surface area contributed by atoms with Crippen LogP contribution in [0.5, 0.6) is 0 Å². The van der Waals surface area contributed by atoms with Gasteiger partial charge in [-0.2, -0.15) is 0 Å². The van der Waals surface area contributed by atoms with E-state index in [0.29, 0.717) is 27.8 Å². The van der Waals surface area contributed by atoms with Crippen LogP contribution in [0.4, 0.5) is 0 Å². The quantitative estimate of drug-likeness (QED) is 0.905. The molecular formula is C12H12ClNO3S. The van der Waals surface area contributed by atoms with E-state index >= 15 is 0 Å². The average molecular weight is 286 g/mol. The molecule has 6 heteroatoms. The lowest BCUT2D eigenvalue weighted by atomic mass is 10.1. The Balaban J connectivity index is 2.31. The fourth-order valence-corrected chi connectivity index (χ4v) is 3.16. The number of hydrogen-bond acceptors (Lipinski definition) is 3. The Hall–Kier alpha value is -1.20. The minimum atomic E-state index is -0.965. The minimum Gasteiger partial charge on any atom is -0.480 e. The van der Waals surface area contributed by atoms with Crippen LogP contribution in [0.25, 0.3) is 0 Å². The molecule has 0 aromatic heterocycles. The fourth-order valence-electron chi connectivity index (χ4n) is 1.84. The van der Waals surface area contributed by atoms with Crippen molar-refractivity contribution in [3.05, 3.63) is 34.3 Å². The van der Waals surface area contributed by atoms with Gasteiger partial charge in [0.15, 0.2) is 0 Å². The molecule has 1 N–H and O–H groups in total. The van der Waals surface area contributed by atoms with E-state index in [1.54, 1.807) is 25.1 Å². The van der Waals surface area contributed by atoms with Crippen LogP contribution in [-0.4, -0.2) is 39.6 Å². The van der Waals surface area contributed by atoms with Crippen LogP contribution >= 0.6 is 23.4 Å². The maximum Gasteiger partial charge on any atom is 0.327 e. The van der Waals surface area contributed by atoms with Gasteiger partial charge in [0.1, 0.15) is 6.04 Å². The van der Waals surface area contributed by atoms with Gasteiger partial charge in [0.2, 0.25) is 0 Å². The van der Waals surface area contributed by atoms with Crippen molar-refractivity contribution in [1.82, 2.24) is 4.90 Å². The van der Waals surface area contributed by atoms with Crippen LogP contribution in [0.1, 0.15) is 15.9 Å². The molecule has 1 aromatic carbocycles. The van der Waals surface area contributed by atoms with Gasteiger partial charge in [0, 0.05) is 16.3 Å². The van der Waals surface area contributed by atoms with E-state index in [1.807, 2.05) is 0 Å². The Kier molecular flexibility index (Phi) is 3.82. The maximum atomic E-state index is 12.3. The summed E-state index contributed by atoms with van der Waals surface area (Å²) in [5.74, 6) is -0.400. The predicted octanol–water partition coefficient (Wildman–Crippen LogP) is 2.25. The Morgan fingerprint density at radius 2 is 2.22 bits per heavy atom. The van der Waals surface area contributed by atoms with Gasteiger partial charge in [-0.05, 0) is 24.6 Å². The number of benzene rings is 1. The lowest BCUT2D eigenvalue weighted by Crippen LogP contribution is -2.42. The molecule has 1 aliphatic rings. The monoisotopic (exact) mass is 285 g/mol. The summed E-state index contributed by atoms with van der Waals surface area (Å²) in [7, 11) is 0. The van der Waals surface area contributed by atoms with Crippen molar-refractivity contribution in [3.63, 3.8) is 0 Å². The van der Waals surface area contributed by atoms with E-state index < -0.39 is 12.0 Å². The number of carbonyl (C=O) groups excluding carboxylic acids is 1. The molecule has 96 valence electrons. The molecular weight excluding hydrogens is 274 g/mol. The molecule has 0 saturated carbocycles. The van der Waals surface area contributed by atoms with Crippen molar-refractivity contribution in [3.8, 4) is 0 Å². The van der Waals surface area contributed by atoms with Crippen molar-refractivity contribution < 1.29 is 14.7 Å². The Labute approximate surface area is 114 Å². The van der Waals surface area contributed by atoms with E-state index in [1.165, 1.54) is 16.7 Å². The average Bonchev–Trinajstić information content (AvgIpc) is 2.81. The predicted molar refractivity (Wildman–Crippen MR) is 71.1 cm³/mol. The maximum absolute atomic E-state index is 12.3. The third-order valence-electron chi connectivity index (χ3n) is 2.93. The zero-order valence-electron chi connectivity index (χ0n) is 9.72. The van der Waals surface area contributed by atoms with E-state index in [4.69, 9.17) is 16.7 Å². The number of amides is 1. The molecule has 2 rings (SSSR count). The zero-order valence-corrected chi connectivity index (χ0v) is 11.3. The van der Waals surface area contributed by atoms with Crippen LogP contribution in [0.15, 0.2) is 18.2 Å². The Morgan fingerprint density at radius 1 is 1.50 bits per heavy atom. The molecule has 1 atom stereocenters. The van der Waals surface area contributed by atoms with E-state index in [0.717, 1.165) is 0 Å². The molecule has 1 aliphatic heterocycles. The number of carboxylic acid groups (broad SMARTS) is 1. The topological polar surface area (TPSA) is 57.6 Å². The summed E-state index contributed by atoms with van der Waals surface area (Å²) in [6.07, 6.45) is 0. The van der Waals surface area contributed by atoms with Crippen LogP contribution < -0.4 is 0 Å². The molecule has 1 saturated heterocycles. The summed E-state index contributed by atoms with van der Waals surface area (Å²) >= 11 is 7.41. The molecule has 0 spiro atoms. The van der Waals surface area contributed by atoms with Crippen LogP contribution in [0.2, 0.25) is 5.02 Å². The molecule has 0 aliphatic carbocycles. The number of carbonyl (C=O) groups is 2. The number of nitrogens with zero attached hydrogens (tertiary/aromatic N) is 1. The summed E-state index contributed by atoms with van der Waals surface area (Å²) in [4.78, 5) is 24.8. The van der Waals surface area contributed by atoms with Crippen molar-refractivity contribution in [2.24, 2.45) is 0 Å². The second kappa shape index (κ2) is 5.20. The van der Waals surface area contributed by atoms with Gasteiger partial charge in [0.25, 0.3) is 5.91 Å². The third-order valence-corrected chi connectivity index (χ3v) is 4.35. The number of hydrogen-bond donors (Lipinski definition) is 1. The summed E-state index contributed by atoms with van der Waals surface area (Å²) in [5, 5.41) is 9.58. The van der Waals surface area contributed by atoms with Gasteiger partial charge >= 0.3 is 5.97 Å². The van der Waals surface area contributed by atoms with E-state index in [9.17, 15) is 9.59 Å². The lowest BCUT2D eigenvalue weighted by molar-refractivity contribution is -0.140. The molecule has 1 aromatic rings. The van der Waals surface area contributed by atoms with Crippen molar-refractivity contribution in [2.45, 2.75) is 13.0 Å². The smallest absolute Gasteiger partial charge is 0.327 e. The molecule has 1 amide bonds. The summed E-state index contributed by atoms with van der Waals surface area (Å²) in [5.41, 5.74) is 1.15. The number of halogens is 1. The number of rotatable bonds is 2. The van der Waals surface area contributed by atoms with Crippen LogP contribution in [-0.2, 0) is 4.79 Å². The van der Waals surface area contributed by atoms with Crippen molar-refractivity contribution in [1.29, 1.82) is 0 Å². The molecule has 0 radical (unpaired) electrons. The molecule has 1 heterocycles. The molecule has 1 fully saturated rings. The Bertz CT molecular complexity index is 506. The molecule has 4 nitrogen and oxygen atoms in total. The number of carboxylic acids is 1. The second-order valence-corrected chi connectivity index (χ2v) is 5.45. The first-order valence-corrected chi connectivity index (χ1v) is 6.92. The first-order chi connectivity index (χ1) is 8.52. The number of aliphatic carboxylic acids is 1. The summed E-state index contributed by atoms with van der Waals surface area (Å²) < 4.78 is 0. The van der Waals surface area contributed by atoms with Crippen molar-refractivity contribution in [2.75, 3.05) is 11.6 Å². The van der Waals surface area contributed by atoms with Gasteiger partial charge in [-0.3, -0.25) is 4.79 Å². The first kappa shape index (κ1) is 13.2. The van der Waals surface area contributed by atoms with E-state index in [-0.39, 0.29) is 5.91 Å². The SMILES string of the molecule is Cc1c(Cl)cccc1C(=O)N1CSCC1C(=O)O. The standard InChI is InChI=1S/C12H12ClNO3S/c1-7-8(3-2-4-9(7)13)11(15)14-6-18-5-10(14)12(16)17/h2-4,10H,5-6H2,1H3,(H,16,17). The van der Waals surface area contributed by atoms with Crippen LogP contribution in [0, 0.1) is 6.92 Å². The normalized spacial score (nSPS) is 19.0. The molecule has 0 bridgehead atoms. The highest BCUT2D eigenvalue weighted by Crippen LogP contribution is 2.26. The molecule has 1 unspecified atom stereocenters. The van der Waals surface area contributed by atoms with Crippen LogP contribution in [0.3, 0.4) is 0 Å². The highest BCUT2D eigenvalue weighted by Gasteiger charge is 2.35. The minimum absolute atomic E-state index is 0.271. The van der Waals surface area contributed by atoms with Gasteiger partial charge in [-0.25, -0.2) is 4.79 Å². The Morgan fingerprint density at radius 3 is 2.89 bits per heavy atom. The highest BCUT2D eigenvalue weighted by atomic mass is 35.5. The highest BCUT2D eigenvalue weighted by molar-refractivity contribution is 7.99. The third kappa shape index (κ3) is 2.33. The zero-order chi connectivity index (χ0) is 13.3. The lowest BCUT2D eigenvalue weighted by Gasteiger charge is -2.21. The van der Waals surface area contributed by atoms with Crippen molar-refractivity contribution >= 4 is 35.2 Å².